The standard InChI is InChI=1S/C41H48N2O5/c1-2-3-4-5-6-7-8-9-10-11-12-13-14-15-16-17-18-19-20-22-37(44)42-36-25-29-43(30-26-36)28-21-31-46-41-39-35(27-32-47-39)33-34-23-24-38(45)48-40(34)41/h3-4,6-7,12-13,15-16,18-19,23-27,29-30,32-33H,2,5,8-11,14,17,20-22,28,31H2,1H3/p+1. The molecule has 0 fully saturated rings. The van der Waals surface area contributed by atoms with Crippen LogP contribution in [0, 0.1) is 0 Å². The summed E-state index contributed by atoms with van der Waals surface area (Å²) < 4.78 is 19.1. The fourth-order valence-corrected chi connectivity index (χ4v) is 5.14. The number of rotatable bonds is 21. The Morgan fingerprint density at radius 3 is 2.12 bits per heavy atom. The molecule has 0 aliphatic carbocycles. The van der Waals surface area contributed by atoms with Gasteiger partial charge in [0.15, 0.2) is 30.1 Å². The molecule has 0 radical (unpaired) electrons. The number of carbonyl (C=O) groups is 1. The molecule has 4 rings (SSSR count). The second-order valence-corrected chi connectivity index (χ2v) is 11.6. The van der Waals surface area contributed by atoms with Crippen LogP contribution >= 0.6 is 0 Å². The van der Waals surface area contributed by atoms with Gasteiger partial charge in [-0.15, -0.1) is 0 Å². The van der Waals surface area contributed by atoms with Crippen molar-refractivity contribution in [2.24, 2.45) is 0 Å². The Balaban J connectivity index is 1.04. The molecule has 1 aromatic carbocycles. The van der Waals surface area contributed by atoms with Gasteiger partial charge in [0.2, 0.25) is 11.7 Å². The predicted octanol–water partition coefficient (Wildman–Crippen LogP) is 9.94. The first-order valence-corrected chi connectivity index (χ1v) is 17.2. The molecular weight excluding hydrogens is 600 g/mol. The monoisotopic (exact) mass is 649 g/mol. The highest BCUT2D eigenvalue weighted by molar-refractivity contribution is 5.99. The summed E-state index contributed by atoms with van der Waals surface area (Å²) >= 11 is 0. The topological polar surface area (TPSA) is 85.6 Å². The molecule has 0 saturated carbocycles. The van der Waals surface area contributed by atoms with Gasteiger partial charge in [0.25, 0.3) is 0 Å². The lowest BCUT2D eigenvalue weighted by Gasteiger charge is -2.08. The molecule has 3 aromatic heterocycles. The van der Waals surface area contributed by atoms with E-state index in [-0.39, 0.29) is 5.91 Å². The average molecular weight is 650 g/mol. The predicted molar refractivity (Wildman–Crippen MR) is 195 cm³/mol. The number of amides is 1. The van der Waals surface area contributed by atoms with Crippen molar-refractivity contribution >= 4 is 33.5 Å². The van der Waals surface area contributed by atoms with Crippen molar-refractivity contribution < 1.29 is 22.9 Å². The summed E-state index contributed by atoms with van der Waals surface area (Å²) in [7, 11) is 0. The smallest absolute Gasteiger partial charge is 0.336 e. The van der Waals surface area contributed by atoms with Gasteiger partial charge in [0.1, 0.15) is 0 Å². The van der Waals surface area contributed by atoms with E-state index in [2.05, 4.69) is 73.0 Å². The highest BCUT2D eigenvalue weighted by Crippen LogP contribution is 2.35. The summed E-state index contributed by atoms with van der Waals surface area (Å²) in [5, 5.41) is 4.64. The Kier molecular flexibility index (Phi) is 15.8. The fourth-order valence-electron chi connectivity index (χ4n) is 5.14. The van der Waals surface area contributed by atoms with Crippen LogP contribution in [-0.4, -0.2) is 12.5 Å². The number of aryl methyl sites for hydroxylation is 1. The minimum Gasteiger partial charge on any atom is -0.486 e. The number of pyridine rings is 1. The van der Waals surface area contributed by atoms with Crippen molar-refractivity contribution in [3.05, 3.63) is 126 Å². The maximum absolute atomic E-state index is 12.4. The number of hydrogen-bond acceptors (Lipinski definition) is 5. The zero-order chi connectivity index (χ0) is 33.7. The van der Waals surface area contributed by atoms with Crippen molar-refractivity contribution in [2.75, 3.05) is 11.9 Å². The molecule has 0 saturated heterocycles. The maximum Gasteiger partial charge on any atom is 0.336 e. The Morgan fingerprint density at radius 1 is 0.771 bits per heavy atom. The van der Waals surface area contributed by atoms with E-state index < -0.39 is 5.63 Å². The summed E-state index contributed by atoms with van der Waals surface area (Å²) in [6.07, 6.45) is 38.2. The third kappa shape index (κ3) is 12.7. The SMILES string of the molecule is CCC=CCC=CCCCCC=CCC=CCC=CCCC(=O)Nc1cc[n+](CCCOc2c3occc3cc3ccc(=O)oc23)cc1. The first-order valence-electron chi connectivity index (χ1n) is 17.2. The number of allylic oxidation sites excluding steroid dienone is 10. The molecule has 0 bridgehead atoms. The molecule has 0 atom stereocenters. The molecule has 1 N–H and O–H groups in total. The Hall–Kier alpha value is -4.91. The fraction of sp³-hybridized carbons (Fsp3) is 0.341. The second-order valence-electron chi connectivity index (χ2n) is 11.6. The number of nitrogens with zero attached hydrogens (tertiary/aromatic N) is 1. The lowest BCUT2D eigenvalue weighted by atomic mass is 10.1. The zero-order valence-corrected chi connectivity index (χ0v) is 28.2. The van der Waals surface area contributed by atoms with Gasteiger partial charge in [-0.25, -0.2) is 9.36 Å². The highest BCUT2D eigenvalue weighted by Gasteiger charge is 2.15. The highest BCUT2D eigenvalue weighted by atomic mass is 16.5. The van der Waals surface area contributed by atoms with Gasteiger partial charge in [0, 0.05) is 41.8 Å². The molecule has 0 aliphatic rings. The average Bonchev–Trinajstić information content (AvgIpc) is 3.56. The molecule has 7 nitrogen and oxygen atoms in total. The van der Waals surface area contributed by atoms with Crippen LogP contribution in [0.5, 0.6) is 5.75 Å². The van der Waals surface area contributed by atoms with Crippen LogP contribution in [0.3, 0.4) is 0 Å². The third-order valence-electron chi connectivity index (χ3n) is 7.68. The summed E-state index contributed by atoms with van der Waals surface area (Å²) in [4.78, 5) is 24.2. The van der Waals surface area contributed by atoms with Crippen LogP contribution in [0.15, 0.2) is 129 Å². The number of unbranched alkanes of at least 4 members (excludes halogenated alkanes) is 3. The van der Waals surface area contributed by atoms with E-state index in [1.807, 2.05) is 41.2 Å². The van der Waals surface area contributed by atoms with Gasteiger partial charge in [-0.1, -0.05) is 67.7 Å². The van der Waals surface area contributed by atoms with Crippen LogP contribution in [0.4, 0.5) is 5.69 Å². The number of nitrogens with one attached hydrogen (secondary N) is 1. The molecule has 252 valence electrons. The zero-order valence-electron chi connectivity index (χ0n) is 28.2. The quantitative estimate of drug-likeness (QED) is 0.0420. The normalized spacial score (nSPS) is 12.3. The van der Waals surface area contributed by atoms with E-state index >= 15 is 0 Å². The molecule has 3 heterocycles. The minimum atomic E-state index is -0.434. The molecule has 1 amide bonds. The maximum atomic E-state index is 12.4. The number of hydrogen-bond donors (Lipinski definition) is 1. The third-order valence-corrected chi connectivity index (χ3v) is 7.68. The molecule has 7 heteroatoms. The number of ether oxygens (including phenoxy) is 1. The number of anilines is 1. The summed E-state index contributed by atoms with van der Waals surface area (Å²) in [5.74, 6) is 0.442. The molecule has 0 spiro atoms. The molecule has 0 unspecified atom stereocenters. The number of aromatic nitrogens is 1. The van der Waals surface area contributed by atoms with E-state index in [0.717, 1.165) is 61.5 Å². The van der Waals surface area contributed by atoms with Crippen LogP contribution < -0.4 is 20.2 Å². The lowest BCUT2D eigenvalue weighted by molar-refractivity contribution is -0.697. The van der Waals surface area contributed by atoms with Crippen LogP contribution in [0.1, 0.15) is 77.6 Å². The Bertz CT molecular complexity index is 1760. The van der Waals surface area contributed by atoms with E-state index in [4.69, 9.17) is 13.6 Å². The summed E-state index contributed by atoms with van der Waals surface area (Å²) in [6.45, 7) is 3.29. The van der Waals surface area contributed by atoms with Crippen molar-refractivity contribution in [3.8, 4) is 5.75 Å². The van der Waals surface area contributed by atoms with E-state index in [9.17, 15) is 9.59 Å². The minimum absolute atomic E-state index is 0.00221. The number of furan rings is 1. The van der Waals surface area contributed by atoms with Gasteiger partial charge in [0.05, 0.1) is 18.6 Å². The molecule has 4 aromatic rings. The first-order chi connectivity index (χ1) is 23.6. The van der Waals surface area contributed by atoms with Gasteiger partial charge in [-0.3, -0.25) is 4.79 Å². The molecule has 48 heavy (non-hydrogen) atoms. The first kappa shape index (κ1) is 35.9. The van der Waals surface area contributed by atoms with Crippen LogP contribution in [-0.2, 0) is 11.3 Å². The largest absolute Gasteiger partial charge is 0.486 e. The number of carbonyl (C=O) groups excluding carboxylic acids is 1. The van der Waals surface area contributed by atoms with Crippen molar-refractivity contribution in [2.45, 2.75) is 84.1 Å². The van der Waals surface area contributed by atoms with Gasteiger partial charge < -0.3 is 18.9 Å². The van der Waals surface area contributed by atoms with Crippen molar-refractivity contribution in [1.29, 1.82) is 0 Å². The van der Waals surface area contributed by atoms with Gasteiger partial charge in [-0.05, 0) is 76.0 Å². The lowest BCUT2D eigenvalue weighted by Crippen LogP contribution is -2.33. The Labute approximate surface area is 284 Å². The van der Waals surface area contributed by atoms with E-state index in [1.54, 1.807) is 12.3 Å². The van der Waals surface area contributed by atoms with Crippen molar-refractivity contribution in [3.63, 3.8) is 0 Å². The molecular formula is C41H49N2O5+. The van der Waals surface area contributed by atoms with E-state index in [0.29, 0.717) is 36.4 Å². The number of benzene rings is 1. The molecule has 0 aliphatic heterocycles. The van der Waals surface area contributed by atoms with Gasteiger partial charge in [-0.2, -0.15) is 0 Å². The van der Waals surface area contributed by atoms with Gasteiger partial charge >= 0.3 is 5.63 Å². The van der Waals surface area contributed by atoms with Crippen LogP contribution in [0.2, 0.25) is 0 Å². The summed E-state index contributed by atoms with van der Waals surface area (Å²) in [5.41, 5.74) is 1.29. The summed E-state index contributed by atoms with van der Waals surface area (Å²) in [6, 6.07) is 10.7. The van der Waals surface area contributed by atoms with Crippen molar-refractivity contribution in [1.82, 2.24) is 0 Å². The van der Waals surface area contributed by atoms with Crippen LogP contribution in [0.25, 0.3) is 21.9 Å². The van der Waals surface area contributed by atoms with E-state index in [1.165, 1.54) is 25.3 Å². The second kappa shape index (κ2) is 21.1. The number of fused-ring (bicyclic) bond motifs is 2. The Morgan fingerprint density at radius 2 is 1.42 bits per heavy atom.